The fraction of sp³-hybridized carbons (Fsp3) is 0.261. The first kappa shape index (κ1) is 21.9. The summed E-state index contributed by atoms with van der Waals surface area (Å²) >= 11 is 0. The van der Waals surface area contributed by atoms with Crippen molar-refractivity contribution in [2.45, 2.75) is 24.4 Å². The van der Waals surface area contributed by atoms with Crippen molar-refractivity contribution in [2.75, 3.05) is 13.2 Å². The van der Waals surface area contributed by atoms with E-state index in [9.17, 15) is 14.4 Å². The third-order valence-corrected chi connectivity index (χ3v) is 5.07. The van der Waals surface area contributed by atoms with Gasteiger partial charge in [0.2, 0.25) is 5.91 Å². The van der Waals surface area contributed by atoms with Crippen LogP contribution in [0.4, 0.5) is 4.79 Å². The van der Waals surface area contributed by atoms with Crippen LogP contribution in [-0.2, 0) is 14.3 Å². The highest BCUT2D eigenvalue weighted by atomic mass is 16.5. The first-order valence-electron chi connectivity index (χ1n) is 9.65. The molecule has 8 heteroatoms. The summed E-state index contributed by atoms with van der Waals surface area (Å²) in [5.41, 5.74) is 4.25. The highest BCUT2D eigenvalue weighted by Crippen LogP contribution is 2.44. The Morgan fingerprint density at radius 3 is 2.10 bits per heavy atom. The molecule has 0 fully saturated rings. The fourth-order valence-corrected chi connectivity index (χ4v) is 3.57. The van der Waals surface area contributed by atoms with Crippen LogP contribution in [0.15, 0.2) is 48.5 Å². The van der Waals surface area contributed by atoms with Crippen LogP contribution in [0.5, 0.6) is 0 Å². The predicted molar refractivity (Wildman–Crippen MR) is 112 cm³/mol. The molecule has 0 aliphatic heterocycles. The lowest BCUT2D eigenvalue weighted by molar-refractivity contribution is -0.143. The molecule has 8 nitrogen and oxygen atoms in total. The maximum Gasteiger partial charge on any atom is 0.407 e. The Labute approximate surface area is 179 Å². The Morgan fingerprint density at radius 1 is 1.00 bits per heavy atom. The van der Waals surface area contributed by atoms with Gasteiger partial charge in [0, 0.05) is 12.3 Å². The Kier molecular flexibility index (Phi) is 6.90. The highest BCUT2D eigenvalue weighted by molar-refractivity contribution is 5.89. The number of amides is 2. The van der Waals surface area contributed by atoms with Crippen molar-refractivity contribution < 1.29 is 29.3 Å². The van der Waals surface area contributed by atoms with Gasteiger partial charge in [-0.05, 0) is 22.3 Å². The summed E-state index contributed by atoms with van der Waals surface area (Å²) in [6.07, 6.45) is 4.23. The molecule has 0 saturated heterocycles. The summed E-state index contributed by atoms with van der Waals surface area (Å²) in [4.78, 5) is 35.6. The smallest absolute Gasteiger partial charge is 0.407 e. The minimum atomic E-state index is -1.50. The summed E-state index contributed by atoms with van der Waals surface area (Å²) in [7, 11) is 0. The predicted octanol–water partition coefficient (Wildman–Crippen LogP) is 1.48. The molecule has 0 aromatic heterocycles. The van der Waals surface area contributed by atoms with Crippen LogP contribution in [-0.4, -0.2) is 53.5 Å². The van der Waals surface area contributed by atoms with E-state index in [2.05, 4.69) is 16.6 Å². The van der Waals surface area contributed by atoms with Gasteiger partial charge in [0.1, 0.15) is 18.7 Å². The Balaban J connectivity index is 1.65. The lowest BCUT2D eigenvalue weighted by Crippen LogP contribution is -2.52. The molecular formula is C23H22N2O6. The van der Waals surface area contributed by atoms with Crippen molar-refractivity contribution in [3.63, 3.8) is 0 Å². The number of terminal acetylenes is 1. The number of nitrogens with one attached hydrogen (secondary N) is 2. The topological polar surface area (TPSA) is 125 Å². The van der Waals surface area contributed by atoms with Crippen molar-refractivity contribution in [2.24, 2.45) is 0 Å². The third kappa shape index (κ3) is 4.85. The molecular weight excluding hydrogens is 400 g/mol. The number of fused-ring (bicyclic) bond motifs is 3. The SMILES string of the molecule is C#CCC(NC(=O)OCC1c2ccccc2-c2ccccc21)C(=O)NC(CO)C(=O)O. The van der Waals surface area contributed by atoms with Gasteiger partial charge in [-0.3, -0.25) is 4.79 Å². The molecule has 4 N–H and O–H groups in total. The number of carbonyl (C=O) groups excluding carboxylic acids is 2. The van der Waals surface area contributed by atoms with E-state index in [1.165, 1.54) is 0 Å². The van der Waals surface area contributed by atoms with Crippen molar-refractivity contribution in [3.8, 4) is 23.5 Å². The number of ether oxygens (including phenoxy) is 1. The molecule has 0 heterocycles. The van der Waals surface area contributed by atoms with Gasteiger partial charge >= 0.3 is 12.1 Å². The average Bonchev–Trinajstić information content (AvgIpc) is 3.09. The van der Waals surface area contributed by atoms with Crippen molar-refractivity contribution in [1.29, 1.82) is 0 Å². The van der Waals surface area contributed by atoms with E-state index in [0.717, 1.165) is 22.3 Å². The zero-order valence-corrected chi connectivity index (χ0v) is 16.6. The molecule has 31 heavy (non-hydrogen) atoms. The molecule has 2 atom stereocenters. The average molecular weight is 422 g/mol. The second kappa shape index (κ2) is 9.78. The molecule has 3 rings (SSSR count). The minimum absolute atomic E-state index is 0.0542. The van der Waals surface area contributed by atoms with Gasteiger partial charge in [-0.25, -0.2) is 9.59 Å². The van der Waals surface area contributed by atoms with E-state index in [0.29, 0.717) is 0 Å². The van der Waals surface area contributed by atoms with Gasteiger partial charge in [-0.15, -0.1) is 12.3 Å². The number of alkyl carbamates (subject to hydrolysis) is 1. The first-order chi connectivity index (χ1) is 15.0. The molecule has 160 valence electrons. The number of benzene rings is 2. The number of hydrogen-bond acceptors (Lipinski definition) is 5. The van der Waals surface area contributed by atoms with E-state index >= 15 is 0 Å². The largest absolute Gasteiger partial charge is 0.480 e. The van der Waals surface area contributed by atoms with E-state index in [-0.39, 0.29) is 18.9 Å². The van der Waals surface area contributed by atoms with Crippen LogP contribution in [0, 0.1) is 12.3 Å². The van der Waals surface area contributed by atoms with Crippen molar-refractivity contribution in [3.05, 3.63) is 59.7 Å². The summed E-state index contributed by atoms with van der Waals surface area (Å²) in [5, 5.41) is 22.5. The van der Waals surface area contributed by atoms with Crippen LogP contribution in [0.3, 0.4) is 0 Å². The van der Waals surface area contributed by atoms with Crippen LogP contribution in [0.25, 0.3) is 11.1 Å². The van der Waals surface area contributed by atoms with Crippen molar-refractivity contribution >= 4 is 18.0 Å². The number of hydrogen-bond donors (Lipinski definition) is 4. The molecule has 0 bridgehead atoms. The van der Waals surface area contributed by atoms with Crippen molar-refractivity contribution in [1.82, 2.24) is 10.6 Å². The fourth-order valence-electron chi connectivity index (χ4n) is 3.57. The zero-order valence-electron chi connectivity index (χ0n) is 16.6. The number of carboxylic acid groups (broad SMARTS) is 1. The molecule has 1 aliphatic rings. The van der Waals surface area contributed by atoms with Gasteiger partial charge in [-0.2, -0.15) is 0 Å². The molecule has 0 spiro atoms. The summed E-state index contributed by atoms with van der Waals surface area (Å²) in [6, 6.07) is 13.0. The molecule has 0 saturated carbocycles. The Morgan fingerprint density at radius 2 is 1.58 bits per heavy atom. The maximum atomic E-state index is 12.4. The Bertz CT molecular complexity index is 983. The van der Waals surface area contributed by atoms with Crippen LogP contribution >= 0.6 is 0 Å². The number of rotatable bonds is 8. The summed E-state index contributed by atoms with van der Waals surface area (Å²) in [5.74, 6) is -0.125. The van der Waals surface area contributed by atoms with Gasteiger partial charge in [0.25, 0.3) is 0 Å². The molecule has 2 aromatic rings. The number of carboxylic acids is 1. The normalized spacial score (nSPS) is 13.8. The third-order valence-electron chi connectivity index (χ3n) is 5.07. The standard InChI is InChI=1S/C23H22N2O6/c1-2-7-19(21(27)24-20(12-26)22(28)29)25-23(30)31-13-18-16-10-5-3-8-14(16)15-9-4-6-11-17(15)18/h1,3-6,8-11,18-20,26H,7,12-13H2,(H,24,27)(H,25,30)(H,28,29). The first-order valence-corrected chi connectivity index (χ1v) is 9.65. The number of carbonyl (C=O) groups is 3. The maximum absolute atomic E-state index is 12.4. The van der Waals surface area contributed by atoms with Gasteiger partial charge in [-0.1, -0.05) is 48.5 Å². The van der Waals surface area contributed by atoms with Crippen LogP contribution < -0.4 is 10.6 Å². The molecule has 2 amide bonds. The van der Waals surface area contributed by atoms with Crippen LogP contribution in [0.1, 0.15) is 23.5 Å². The highest BCUT2D eigenvalue weighted by Gasteiger charge is 2.30. The van der Waals surface area contributed by atoms with Gasteiger partial charge in [0.15, 0.2) is 0 Å². The second-order valence-corrected chi connectivity index (χ2v) is 7.01. The molecule has 1 aliphatic carbocycles. The lowest BCUT2D eigenvalue weighted by Gasteiger charge is -2.20. The summed E-state index contributed by atoms with van der Waals surface area (Å²) < 4.78 is 5.38. The Hall–Kier alpha value is -3.83. The van der Waals surface area contributed by atoms with E-state index in [1.807, 2.05) is 48.5 Å². The molecule has 2 aromatic carbocycles. The quantitative estimate of drug-likeness (QED) is 0.478. The summed E-state index contributed by atoms with van der Waals surface area (Å²) in [6.45, 7) is -0.743. The lowest BCUT2D eigenvalue weighted by atomic mass is 9.98. The molecule has 2 unspecified atom stereocenters. The van der Waals surface area contributed by atoms with Gasteiger partial charge < -0.3 is 25.6 Å². The van der Waals surface area contributed by atoms with E-state index < -0.39 is 36.7 Å². The number of aliphatic hydroxyl groups is 1. The zero-order chi connectivity index (χ0) is 22.4. The van der Waals surface area contributed by atoms with E-state index in [1.54, 1.807) is 0 Å². The van der Waals surface area contributed by atoms with Crippen LogP contribution in [0.2, 0.25) is 0 Å². The van der Waals surface area contributed by atoms with Gasteiger partial charge in [0.05, 0.1) is 6.61 Å². The second-order valence-electron chi connectivity index (χ2n) is 7.01. The minimum Gasteiger partial charge on any atom is -0.480 e. The number of aliphatic hydroxyl groups excluding tert-OH is 1. The monoisotopic (exact) mass is 422 g/mol. The molecule has 0 radical (unpaired) electrons. The van der Waals surface area contributed by atoms with E-state index in [4.69, 9.17) is 21.4 Å². The number of aliphatic carboxylic acids is 1.